The third-order valence-electron chi connectivity index (χ3n) is 0.892. The summed E-state index contributed by atoms with van der Waals surface area (Å²) in [6, 6.07) is 0. The van der Waals surface area contributed by atoms with Crippen molar-refractivity contribution < 1.29 is 39.1 Å². The van der Waals surface area contributed by atoms with Gasteiger partial charge in [0.1, 0.15) is 11.9 Å². The van der Waals surface area contributed by atoms with Crippen LogP contribution in [0.15, 0.2) is 0 Å². The van der Waals surface area contributed by atoms with E-state index in [1.807, 2.05) is 0 Å². The van der Waals surface area contributed by atoms with E-state index in [2.05, 4.69) is 4.18 Å². The van der Waals surface area contributed by atoms with Crippen LogP contribution in [0.5, 0.6) is 0 Å². The fourth-order valence-corrected chi connectivity index (χ4v) is 0.625. The molecule has 0 spiro atoms. The van der Waals surface area contributed by atoms with Gasteiger partial charge in [0.25, 0.3) is 0 Å². The Morgan fingerprint density at radius 1 is 0.857 bits per heavy atom. The predicted molar refractivity (Wildman–Crippen MR) is 33.7 cm³/mol. The standard InChI is InChI=1S/C3HF7O2S.K.H/c4-1(12-13-11,2(5,6)7)3(8,9)10;;/h13H;;. The van der Waals surface area contributed by atoms with Crippen LogP contribution >= 0.6 is 0 Å². The zero-order valence-corrected chi connectivity index (χ0v) is 6.30. The summed E-state index contributed by atoms with van der Waals surface area (Å²) in [6.07, 6.45) is -12.7. The van der Waals surface area contributed by atoms with Crippen LogP contribution in [0.3, 0.4) is 0 Å². The van der Waals surface area contributed by atoms with E-state index in [4.69, 9.17) is 0 Å². The number of hydrogen-bond donors (Lipinski definition) is 1. The van der Waals surface area contributed by atoms with E-state index in [1.54, 1.807) is 0 Å². The molecule has 0 aromatic carbocycles. The molecule has 0 bridgehead atoms. The van der Waals surface area contributed by atoms with E-state index in [-0.39, 0.29) is 51.4 Å². The molecule has 0 aliphatic heterocycles. The van der Waals surface area contributed by atoms with Crippen molar-refractivity contribution in [2.24, 2.45) is 0 Å². The molecule has 0 rings (SSSR count). The van der Waals surface area contributed by atoms with Crippen molar-refractivity contribution in [2.75, 3.05) is 0 Å². The maximum absolute atomic E-state index is 12.1. The fraction of sp³-hybridized carbons (Fsp3) is 1.00. The molecule has 0 aliphatic carbocycles. The van der Waals surface area contributed by atoms with Crippen molar-refractivity contribution in [3.05, 3.63) is 0 Å². The van der Waals surface area contributed by atoms with Gasteiger partial charge in [0, 0.05) is 0 Å². The normalized spacial score (nSPS) is 13.6. The predicted octanol–water partition coefficient (Wildman–Crippen LogP) is 1.01. The first-order valence-electron chi connectivity index (χ1n) is 2.39. The topological polar surface area (TPSA) is 26.3 Å². The van der Waals surface area contributed by atoms with Gasteiger partial charge < -0.3 is 0 Å². The first-order chi connectivity index (χ1) is 5.56. The van der Waals surface area contributed by atoms with E-state index in [9.17, 15) is 34.9 Å². The number of rotatable bonds is 2. The van der Waals surface area contributed by atoms with E-state index >= 15 is 0 Å². The molecule has 0 saturated carbocycles. The summed E-state index contributed by atoms with van der Waals surface area (Å²) < 4.78 is 92.5. The van der Waals surface area contributed by atoms with Gasteiger partial charge in [0.15, 0.2) is 0 Å². The van der Waals surface area contributed by atoms with Gasteiger partial charge in [-0.05, 0) is 0 Å². The quantitative estimate of drug-likeness (QED) is 0.462. The van der Waals surface area contributed by atoms with Gasteiger partial charge in [-0.2, -0.15) is 30.7 Å². The van der Waals surface area contributed by atoms with E-state index in [0.29, 0.717) is 0 Å². The molecular weight excluding hydrogens is 272 g/mol. The van der Waals surface area contributed by atoms with Crippen molar-refractivity contribution in [3.63, 3.8) is 0 Å². The van der Waals surface area contributed by atoms with E-state index in [1.165, 1.54) is 0 Å². The summed E-state index contributed by atoms with van der Waals surface area (Å²) in [6.45, 7) is 0. The zero-order chi connectivity index (χ0) is 10.9. The molecule has 0 saturated heterocycles. The van der Waals surface area contributed by atoms with Crippen LogP contribution in [-0.4, -0.2) is 73.8 Å². The van der Waals surface area contributed by atoms with Crippen LogP contribution in [-0.2, 0) is 16.1 Å². The molecule has 0 N–H and O–H groups in total. The molecule has 0 amide bonds. The number of hydrogen-bond acceptors (Lipinski definition) is 2. The molecule has 82 valence electrons. The average Bonchev–Trinajstić information content (AvgIpc) is 1.82. The van der Waals surface area contributed by atoms with Crippen LogP contribution in [0.1, 0.15) is 0 Å². The Bertz CT molecular complexity index is 186. The molecule has 0 heterocycles. The molecule has 0 atom stereocenters. The monoisotopic (exact) mass is 274 g/mol. The van der Waals surface area contributed by atoms with Crippen molar-refractivity contribution in [1.82, 2.24) is 0 Å². The molecular formula is C3H2F7KO2S. The summed E-state index contributed by atoms with van der Waals surface area (Å²) in [5, 5.41) is 0. The third kappa shape index (κ3) is 3.68. The third-order valence-corrected chi connectivity index (χ3v) is 1.22. The van der Waals surface area contributed by atoms with Crippen LogP contribution in [0.2, 0.25) is 0 Å². The van der Waals surface area contributed by atoms with Crippen molar-refractivity contribution in [1.29, 1.82) is 0 Å². The molecule has 0 aromatic rings. The SMILES string of the molecule is O=[SH]OC(F)(C(F)(F)F)C(F)(F)F.[KH]. The van der Waals surface area contributed by atoms with Gasteiger partial charge in [0.05, 0.1) is 0 Å². The fourth-order valence-electron chi connectivity index (χ4n) is 0.316. The first kappa shape index (κ1) is 17.6. The van der Waals surface area contributed by atoms with Crippen molar-refractivity contribution in [3.8, 4) is 0 Å². The second-order valence-corrected chi connectivity index (χ2v) is 2.09. The molecule has 14 heavy (non-hydrogen) atoms. The molecule has 2 nitrogen and oxygen atoms in total. The summed E-state index contributed by atoms with van der Waals surface area (Å²) >= 11 is -2.06. The van der Waals surface area contributed by atoms with Crippen LogP contribution in [0, 0.1) is 0 Å². The minimum absolute atomic E-state index is 0. The summed E-state index contributed by atoms with van der Waals surface area (Å²) in [5.41, 5.74) is 0. The molecule has 0 aromatic heterocycles. The number of halogens is 7. The van der Waals surface area contributed by atoms with Crippen LogP contribution in [0.4, 0.5) is 30.7 Å². The van der Waals surface area contributed by atoms with Crippen LogP contribution in [0.25, 0.3) is 0 Å². The maximum atomic E-state index is 12.1. The molecule has 0 unspecified atom stereocenters. The molecule has 0 aliphatic rings. The zero-order valence-electron chi connectivity index (χ0n) is 5.41. The summed E-state index contributed by atoms with van der Waals surface area (Å²) in [7, 11) is 0. The molecule has 0 fully saturated rings. The second-order valence-electron chi connectivity index (χ2n) is 1.76. The Morgan fingerprint density at radius 3 is 1.21 bits per heavy atom. The van der Waals surface area contributed by atoms with Gasteiger partial charge >= 0.3 is 69.6 Å². The molecule has 0 radical (unpaired) electrons. The van der Waals surface area contributed by atoms with Gasteiger partial charge in [0.2, 0.25) is 0 Å². The minimum atomic E-state index is -6.33. The molecule has 11 heteroatoms. The van der Waals surface area contributed by atoms with Crippen molar-refractivity contribution >= 4 is 63.3 Å². The van der Waals surface area contributed by atoms with Crippen LogP contribution < -0.4 is 0 Å². The Morgan fingerprint density at radius 2 is 1.14 bits per heavy atom. The van der Waals surface area contributed by atoms with Gasteiger partial charge in [-0.1, -0.05) is 0 Å². The van der Waals surface area contributed by atoms with Gasteiger partial charge in [-0.15, -0.1) is 0 Å². The average molecular weight is 274 g/mol. The van der Waals surface area contributed by atoms with Crippen molar-refractivity contribution in [2.45, 2.75) is 18.2 Å². The van der Waals surface area contributed by atoms with E-state index < -0.39 is 30.2 Å². The van der Waals surface area contributed by atoms with Gasteiger partial charge in [-0.25, -0.2) is 8.39 Å². The first-order valence-corrected chi connectivity index (χ1v) is 3.12. The Kier molecular flexibility index (Phi) is 6.99. The Hall–Kier alpha value is 1.26. The summed E-state index contributed by atoms with van der Waals surface area (Å²) in [5.74, 6) is -5.90. The van der Waals surface area contributed by atoms with Gasteiger partial charge in [-0.3, -0.25) is 0 Å². The Labute approximate surface area is 119 Å². The number of alkyl halides is 7. The second kappa shape index (κ2) is 5.54. The summed E-state index contributed by atoms with van der Waals surface area (Å²) in [4.78, 5) is 0. The van der Waals surface area contributed by atoms with E-state index in [0.717, 1.165) is 0 Å². The number of thiol groups is 1. The Balaban J connectivity index is 0.